The maximum atomic E-state index is 12.5. The third-order valence-electron chi connectivity index (χ3n) is 8.38. The van der Waals surface area contributed by atoms with E-state index in [0.717, 1.165) is 25.7 Å². The van der Waals surface area contributed by atoms with Gasteiger partial charge in [0, 0.05) is 12.8 Å². The van der Waals surface area contributed by atoms with Crippen molar-refractivity contribution >= 4 is 19.8 Å². The molecule has 0 aliphatic rings. The topological polar surface area (TPSA) is 111 Å². The highest BCUT2D eigenvalue weighted by molar-refractivity contribution is 7.45. The number of esters is 2. The van der Waals surface area contributed by atoms with Crippen LogP contribution in [0.15, 0.2) is 0 Å². The van der Waals surface area contributed by atoms with Crippen LogP contribution in [0.5, 0.6) is 0 Å². The van der Waals surface area contributed by atoms with E-state index in [-0.39, 0.29) is 26.1 Å². The third-order valence-corrected chi connectivity index (χ3v) is 9.34. The molecule has 2 atom stereocenters. The first-order valence-corrected chi connectivity index (χ1v) is 20.7. The molecule has 10 heteroatoms. The molecular formula is C37H74NO8P. The van der Waals surface area contributed by atoms with Gasteiger partial charge >= 0.3 is 11.9 Å². The lowest BCUT2D eigenvalue weighted by Gasteiger charge is -2.28. The van der Waals surface area contributed by atoms with Crippen LogP contribution in [0.2, 0.25) is 0 Å². The Balaban J connectivity index is 4.06. The number of phosphoric acid groups is 1. The molecule has 0 saturated heterocycles. The molecule has 47 heavy (non-hydrogen) atoms. The lowest BCUT2D eigenvalue weighted by atomic mass is 10.0. The molecule has 0 aromatic heterocycles. The van der Waals surface area contributed by atoms with Gasteiger partial charge in [0.1, 0.15) is 19.8 Å². The summed E-state index contributed by atoms with van der Waals surface area (Å²) in [6.07, 6.45) is 27.9. The van der Waals surface area contributed by atoms with Crippen molar-refractivity contribution in [2.24, 2.45) is 0 Å². The highest BCUT2D eigenvalue weighted by Gasteiger charge is 2.21. The Morgan fingerprint density at radius 3 is 1.40 bits per heavy atom. The summed E-state index contributed by atoms with van der Waals surface area (Å²) in [5.74, 6) is -0.854. The zero-order valence-corrected chi connectivity index (χ0v) is 32.1. The molecule has 0 saturated carbocycles. The van der Waals surface area contributed by atoms with E-state index in [1.807, 2.05) is 28.1 Å². The second kappa shape index (κ2) is 31.0. The SMILES string of the molecule is CCCCCCCCCCCCCCCCCCCCCCC(=O)OC(COC(=O)CCCCC)COP(=O)([O-])OCC[N+](C)(C)C. The molecule has 0 aliphatic carbocycles. The van der Waals surface area contributed by atoms with E-state index in [0.29, 0.717) is 23.9 Å². The van der Waals surface area contributed by atoms with Gasteiger partial charge in [-0.25, -0.2) is 0 Å². The number of rotatable bonds is 35. The molecular weight excluding hydrogens is 617 g/mol. The number of carbonyl (C=O) groups excluding carboxylic acids is 2. The first kappa shape index (κ1) is 46.0. The molecule has 2 unspecified atom stereocenters. The lowest BCUT2D eigenvalue weighted by molar-refractivity contribution is -0.870. The zero-order valence-electron chi connectivity index (χ0n) is 31.2. The van der Waals surface area contributed by atoms with Crippen molar-refractivity contribution in [2.45, 2.75) is 180 Å². The van der Waals surface area contributed by atoms with Crippen molar-refractivity contribution in [3.8, 4) is 0 Å². The van der Waals surface area contributed by atoms with Crippen molar-refractivity contribution in [3.63, 3.8) is 0 Å². The number of hydrogen-bond donors (Lipinski definition) is 0. The minimum atomic E-state index is -4.60. The average molecular weight is 692 g/mol. The first-order valence-electron chi connectivity index (χ1n) is 19.2. The van der Waals surface area contributed by atoms with Crippen molar-refractivity contribution < 1.29 is 42.1 Å². The molecule has 0 heterocycles. The van der Waals surface area contributed by atoms with E-state index in [2.05, 4.69) is 6.92 Å². The van der Waals surface area contributed by atoms with Crippen molar-refractivity contribution in [1.82, 2.24) is 0 Å². The predicted molar refractivity (Wildman–Crippen MR) is 190 cm³/mol. The quantitative estimate of drug-likeness (QED) is 0.0280. The van der Waals surface area contributed by atoms with Crippen molar-refractivity contribution in [1.29, 1.82) is 0 Å². The fraction of sp³-hybridized carbons (Fsp3) is 0.946. The lowest BCUT2D eigenvalue weighted by Crippen LogP contribution is -2.37. The van der Waals surface area contributed by atoms with E-state index in [9.17, 15) is 19.0 Å². The Morgan fingerprint density at radius 2 is 0.957 bits per heavy atom. The van der Waals surface area contributed by atoms with Crippen LogP contribution in [0.4, 0.5) is 0 Å². The molecule has 0 N–H and O–H groups in total. The number of unbranched alkanes of at least 4 members (excludes halogenated alkanes) is 21. The largest absolute Gasteiger partial charge is 0.756 e. The first-order chi connectivity index (χ1) is 22.5. The molecule has 0 amide bonds. The van der Waals surface area contributed by atoms with Gasteiger partial charge in [-0.15, -0.1) is 0 Å². The van der Waals surface area contributed by atoms with Crippen molar-refractivity contribution in [2.75, 3.05) is 47.5 Å². The molecule has 9 nitrogen and oxygen atoms in total. The maximum absolute atomic E-state index is 12.5. The number of nitrogens with zero attached hydrogens (tertiary/aromatic N) is 1. The van der Waals surface area contributed by atoms with Crippen LogP contribution >= 0.6 is 7.82 Å². The minimum absolute atomic E-state index is 0.0272. The second-order valence-electron chi connectivity index (χ2n) is 14.3. The van der Waals surface area contributed by atoms with Crippen molar-refractivity contribution in [3.05, 3.63) is 0 Å². The molecule has 0 spiro atoms. The normalized spacial score (nSPS) is 13.7. The van der Waals surface area contributed by atoms with Gasteiger partial charge in [-0.2, -0.15) is 0 Å². The molecule has 0 aromatic rings. The monoisotopic (exact) mass is 692 g/mol. The molecule has 0 aromatic carbocycles. The van der Waals surface area contributed by atoms with Gasteiger partial charge in [0.15, 0.2) is 6.10 Å². The Labute approximate surface area is 289 Å². The van der Waals surface area contributed by atoms with Gasteiger partial charge in [-0.05, 0) is 12.8 Å². The summed E-state index contributed by atoms with van der Waals surface area (Å²) in [6.45, 7) is 4.05. The summed E-state index contributed by atoms with van der Waals surface area (Å²) in [4.78, 5) is 36.8. The Kier molecular flexibility index (Phi) is 30.4. The van der Waals surface area contributed by atoms with Gasteiger partial charge in [0.2, 0.25) is 0 Å². The van der Waals surface area contributed by atoms with E-state index < -0.39 is 32.5 Å². The minimum Gasteiger partial charge on any atom is -0.756 e. The van der Waals surface area contributed by atoms with E-state index >= 15 is 0 Å². The van der Waals surface area contributed by atoms with Gasteiger partial charge in [-0.3, -0.25) is 14.2 Å². The van der Waals surface area contributed by atoms with Crippen LogP contribution in [0.25, 0.3) is 0 Å². The molecule has 0 fully saturated rings. The molecule has 280 valence electrons. The van der Waals surface area contributed by atoms with Crippen LogP contribution < -0.4 is 4.89 Å². The fourth-order valence-corrected chi connectivity index (χ4v) is 6.03. The molecule has 0 rings (SSSR count). The highest BCUT2D eigenvalue weighted by Crippen LogP contribution is 2.38. The maximum Gasteiger partial charge on any atom is 0.306 e. The Hall–Kier alpha value is -0.990. The van der Waals surface area contributed by atoms with Crippen LogP contribution in [0, 0.1) is 0 Å². The van der Waals surface area contributed by atoms with E-state index in [1.165, 1.54) is 109 Å². The Morgan fingerprint density at radius 1 is 0.574 bits per heavy atom. The van der Waals surface area contributed by atoms with E-state index in [4.69, 9.17) is 18.5 Å². The van der Waals surface area contributed by atoms with Gasteiger partial charge in [0.05, 0.1) is 27.7 Å². The van der Waals surface area contributed by atoms with Gasteiger partial charge in [0.25, 0.3) is 7.82 Å². The molecule has 0 aliphatic heterocycles. The number of hydrogen-bond acceptors (Lipinski definition) is 8. The fourth-order valence-electron chi connectivity index (χ4n) is 5.30. The van der Waals surface area contributed by atoms with Crippen LogP contribution in [0.3, 0.4) is 0 Å². The van der Waals surface area contributed by atoms with Crippen LogP contribution in [0.1, 0.15) is 174 Å². The number of phosphoric ester groups is 1. The number of quaternary nitrogens is 1. The number of ether oxygens (including phenoxy) is 2. The van der Waals surface area contributed by atoms with Gasteiger partial charge in [-0.1, -0.05) is 149 Å². The Bertz CT molecular complexity index is 789. The number of likely N-dealkylation sites (N-methyl/N-ethyl adjacent to an activating group) is 1. The molecule has 0 radical (unpaired) electrons. The summed E-state index contributed by atoms with van der Waals surface area (Å²) in [5.41, 5.74) is 0. The summed E-state index contributed by atoms with van der Waals surface area (Å²) in [5, 5.41) is 0. The summed E-state index contributed by atoms with van der Waals surface area (Å²) in [7, 11) is 1.17. The summed E-state index contributed by atoms with van der Waals surface area (Å²) >= 11 is 0. The second-order valence-corrected chi connectivity index (χ2v) is 15.7. The van der Waals surface area contributed by atoms with Crippen LogP contribution in [-0.2, 0) is 32.7 Å². The summed E-state index contributed by atoms with van der Waals surface area (Å²) in [6, 6.07) is 0. The average Bonchev–Trinajstić information content (AvgIpc) is 3.00. The zero-order chi connectivity index (χ0) is 35.1. The molecule has 0 bridgehead atoms. The third kappa shape index (κ3) is 34.7. The van der Waals surface area contributed by atoms with Crippen LogP contribution in [-0.4, -0.2) is 70.0 Å². The highest BCUT2D eigenvalue weighted by atomic mass is 31.2. The van der Waals surface area contributed by atoms with Gasteiger partial charge < -0.3 is 27.9 Å². The van der Waals surface area contributed by atoms with E-state index in [1.54, 1.807) is 0 Å². The summed E-state index contributed by atoms with van der Waals surface area (Å²) < 4.78 is 33.4. The standard InChI is InChI=1S/C37H74NO8P/c1-6-8-10-11-12-13-14-15-16-17-18-19-20-21-22-23-24-25-26-28-30-37(40)46-35(33-43-36(39)29-27-9-7-2)34-45-47(41,42)44-32-31-38(3,4)5/h35H,6-34H2,1-5H3. The smallest absolute Gasteiger partial charge is 0.306 e. The number of carbonyl (C=O) groups is 2. The predicted octanol–water partition coefficient (Wildman–Crippen LogP) is 9.44.